The molecule has 1 aromatic carbocycles. The average Bonchev–Trinajstić information content (AvgIpc) is 2.26. The van der Waals surface area contributed by atoms with Gasteiger partial charge in [-0.15, -0.1) is 0 Å². The number of hydrogen-bond donors (Lipinski definition) is 2. The Labute approximate surface area is 87.9 Å². The van der Waals surface area contributed by atoms with Crippen LogP contribution in [0.1, 0.15) is 34.1 Å². The van der Waals surface area contributed by atoms with Crippen LogP contribution in [0.3, 0.4) is 0 Å². The van der Waals surface area contributed by atoms with Gasteiger partial charge in [0.15, 0.2) is 0 Å². The highest BCUT2D eigenvalue weighted by Crippen LogP contribution is 2.04. The summed E-state index contributed by atoms with van der Waals surface area (Å²) in [5.74, 6) is -1.16. The van der Waals surface area contributed by atoms with E-state index in [-0.39, 0.29) is 11.5 Å². The molecule has 0 spiro atoms. The first-order chi connectivity index (χ1) is 7.15. The summed E-state index contributed by atoms with van der Waals surface area (Å²) in [4.78, 5) is 22.0. The van der Waals surface area contributed by atoms with Crippen LogP contribution in [0.2, 0.25) is 0 Å². The molecule has 15 heavy (non-hydrogen) atoms. The molecular weight excluding hydrogens is 194 g/mol. The number of benzene rings is 1. The van der Waals surface area contributed by atoms with Crippen molar-refractivity contribution in [2.75, 3.05) is 6.54 Å². The maximum atomic E-state index is 11.4. The summed E-state index contributed by atoms with van der Waals surface area (Å²) in [5.41, 5.74) is 0.662. The van der Waals surface area contributed by atoms with E-state index in [0.717, 1.165) is 6.42 Å². The Morgan fingerprint density at radius 2 is 1.73 bits per heavy atom. The molecule has 0 heterocycles. The van der Waals surface area contributed by atoms with Gasteiger partial charge < -0.3 is 10.4 Å². The molecule has 0 radical (unpaired) electrons. The van der Waals surface area contributed by atoms with E-state index < -0.39 is 5.97 Å². The molecule has 0 atom stereocenters. The first-order valence-corrected chi connectivity index (χ1v) is 4.76. The van der Waals surface area contributed by atoms with Crippen molar-refractivity contribution >= 4 is 11.9 Å². The Hall–Kier alpha value is -1.84. The van der Waals surface area contributed by atoms with Crippen molar-refractivity contribution in [2.45, 2.75) is 13.3 Å². The van der Waals surface area contributed by atoms with Crippen LogP contribution in [0.4, 0.5) is 0 Å². The van der Waals surface area contributed by atoms with E-state index in [1.54, 1.807) is 0 Å². The van der Waals surface area contributed by atoms with Gasteiger partial charge in [-0.1, -0.05) is 6.92 Å². The smallest absolute Gasteiger partial charge is 0.335 e. The lowest BCUT2D eigenvalue weighted by Gasteiger charge is -2.03. The fourth-order valence-electron chi connectivity index (χ4n) is 1.10. The van der Waals surface area contributed by atoms with Crippen molar-refractivity contribution in [3.8, 4) is 0 Å². The SMILES string of the molecule is CCCNC(=O)c1ccc(C(=O)O)cc1. The lowest BCUT2D eigenvalue weighted by molar-refractivity contribution is 0.0696. The number of carboxylic acid groups (broad SMARTS) is 1. The minimum Gasteiger partial charge on any atom is -0.478 e. The Morgan fingerprint density at radius 3 is 2.20 bits per heavy atom. The number of rotatable bonds is 4. The van der Waals surface area contributed by atoms with Gasteiger partial charge in [-0.05, 0) is 30.7 Å². The molecule has 0 saturated carbocycles. The van der Waals surface area contributed by atoms with Crippen LogP contribution in [-0.2, 0) is 0 Å². The normalized spacial score (nSPS) is 9.67. The third kappa shape index (κ3) is 3.09. The first kappa shape index (κ1) is 11.2. The van der Waals surface area contributed by atoms with Crippen LogP contribution in [0.5, 0.6) is 0 Å². The quantitative estimate of drug-likeness (QED) is 0.786. The molecule has 0 saturated heterocycles. The zero-order chi connectivity index (χ0) is 11.3. The van der Waals surface area contributed by atoms with Crippen LogP contribution in [-0.4, -0.2) is 23.5 Å². The molecule has 0 aliphatic heterocycles. The zero-order valence-corrected chi connectivity index (χ0v) is 8.49. The first-order valence-electron chi connectivity index (χ1n) is 4.76. The van der Waals surface area contributed by atoms with Crippen molar-refractivity contribution in [3.05, 3.63) is 35.4 Å². The molecule has 0 bridgehead atoms. The van der Waals surface area contributed by atoms with E-state index in [0.29, 0.717) is 12.1 Å². The summed E-state index contributed by atoms with van der Waals surface area (Å²) >= 11 is 0. The number of carbonyl (C=O) groups is 2. The van der Waals surface area contributed by atoms with Gasteiger partial charge in [-0.2, -0.15) is 0 Å². The molecule has 4 heteroatoms. The number of nitrogens with one attached hydrogen (secondary N) is 1. The Kier molecular flexibility index (Phi) is 3.85. The predicted molar refractivity (Wildman–Crippen MR) is 56.0 cm³/mol. The maximum absolute atomic E-state index is 11.4. The molecule has 2 N–H and O–H groups in total. The van der Waals surface area contributed by atoms with Gasteiger partial charge in [-0.25, -0.2) is 4.79 Å². The molecule has 0 fully saturated rings. The summed E-state index contributed by atoms with van der Waals surface area (Å²) in [6, 6.07) is 5.86. The molecule has 1 aromatic rings. The Bertz CT molecular complexity index is 357. The van der Waals surface area contributed by atoms with E-state index in [1.165, 1.54) is 24.3 Å². The summed E-state index contributed by atoms with van der Waals surface area (Å²) in [7, 11) is 0. The van der Waals surface area contributed by atoms with Gasteiger partial charge >= 0.3 is 5.97 Å². The Balaban J connectivity index is 2.71. The van der Waals surface area contributed by atoms with Crippen molar-refractivity contribution < 1.29 is 14.7 Å². The lowest BCUT2D eigenvalue weighted by Crippen LogP contribution is -2.23. The van der Waals surface area contributed by atoms with Crippen LogP contribution < -0.4 is 5.32 Å². The fourth-order valence-corrected chi connectivity index (χ4v) is 1.10. The third-order valence-electron chi connectivity index (χ3n) is 1.93. The molecule has 0 unspecified atom stereocenters. The molecule has 0 aliphatic carbocycles. The van der Waals surface area contributed by atoms with Gasteiger partial charge in [-0.3, -0.25) is 4.79 Å². The van der Waals surface area contributed by atoms with E-state index in [1.807, 2.05) is 6.92 Å². The Morgan fingerprint density at radius 1 is 1.20 bits per heavy atom. The lowest BCUT2D eigenvalue weighted by atomic mass is 10.1. The van der Waals surface area contributed by atoms with Gasteiger partial charge in [0.2, 0.25) is 0 Å². The van der Waals surface area contributed by atoms with Crippen molar-refractivity contribution in [3.63, 3.8) is 0 Å². The highest BCUT2D eigenvalue weighted by atomic mass is 16.4. The van der Waals surface area contributed by atoms with Crippen LogP contribution in [0.25, 0.3) is 0 Å². The minimum absolute atomic E-state index is 0.172. The summed E-state index contributed by atoms with van der Waals surface area (Å²) in [5, 5.41) is 11.4. The minimum atomic E-state index is -0.990. The van der Waals surface area contributed by atoms with Crippen LogP contribution in [0, 0.1) is 0 Å². The fraction of sp³-hybridized carbons (Fsp3) is 0.273. The number of amides is 1. The van der Waals surface area contributed by atoms with E-state index in [2.05, 4.69) is 5.32 Å². The van der Waals surface area contributed by atoms with Crippen LogP contribution >= 0.6 is 0 Å². The highest BCUT2D eigenvalue weighted by molar-refractivity contribution is 5.95. The average molecular weight is 207 g/mol. The topological polar surface area (TPSA) is 66.4 Å². The summed E-state index contributed by atoms with van der Waals surface area (Å²) in [6.45, 7) is 2.59. The molecule has 0 aliphatic rings. The second-order valence-electron chi connectivity index (χ2n) is 3.14. The largest absolute Gasteiger partial charge is 0.478 e. The van der Waals surface area contributed by atoms with Crippen molar-refractivity contribution in [1.29, 1.82) is 0 Å². The molecule has 1 rings (SSSR count). The van der Waals surface area contributed by atoms with Crippen LogP contribution in [0.15, 0.2) is 24.3 Å². The third-order valence-corrected chi connectivity index (χ3v) is 1.93. The van der Waals surface area contributed by atoms with Crippen molar-refractivity contribution in [1.82, 2.24) is 5.32 Å². The highest BCUT2D eigenvalue weighted by Gasteiger charge is 2.06. The van der Waals surface area contributed by atoms with Crippen molar-refractivity contribution in [2.24, 2.45) is 0 Å². The van der Waals surface area contributed by atoms with E-state index in [9.17, 15) is 9.59 Å². The predicted octanol–water partition coefficient (Wildman–Crippen LogP) is 1.52. The second-order valence-corrected chi connectivity index (χ2v) is 3.14. The second kappa shape index (κ2) is 5.14. The summed E-state index contributed by atoms with van der Waals surface area (Å²) < 4.78 is 0. The standard InChI is InChI=1S/C11H13NO3/c1-2-7-12-10(13)8-3-5-9(6-4-8)11(14)15/h3-6H,2,7H2,1H3,(H,12,13)(H,14,15). The van der Waals surface area contributed by atoms with Gasteiger partial charge in [0.05, 0.1) is 5.56 Å². The summed E-state index contributed by atoms with van der Waals surface area (Å²) in [6.07, 6.45) is 0.874. The molecular formula is C11H13NO3. The number of carboxylic acids is 1. The van der Waals surface area contributed by atoms with Gasteiger partial charge in [0.1, 0.15) is 0 Å². The maximum Gasteiger partial charge on any atom is 0.335 e. The molecule has 0 aromatic heterocycles. The number of carbonyl (C=O) groups excluding carboxylic acids is 1. The molecule has 1 amide bonds. The molecule has 80 valence electrons. The zero-order valence-electron chi connectivity index (χ0n) is 8.49. The monoisotopic (exact) mass is 207 g/mol. The number of aromatic carboxylic acids is 1. The van der Waals surface area contributed by atoms with E-state index >= 15 is 0 Å². The van der Waals surface area contributed by atoms with Gasteiger partial charge in [0, 0.05) is 12.1 Å². The van der Waals surface area contributed by atoms with Gasteiger partial charge in [0.25, 0.3) is 5.91 Å². The van der Waals surface area contributed by atoms with E-state index in [4.69, 9.17) is 5.11 Å². The molecule has 4 nitrogen and oxygen atoms in total. The number of hydrogen-bond acceptors (Lipinski definition) is 2.